The minimum atomic E-state index is -3.77. The minimum Gasteiger partial charge on any atom is -0.354 e. The molecular formula is C30H37N3O4S. The van der Waals surface area contributed by atoms with Crippen molar-refractivity contribution >= 4 is 27.5 Å². The first kappa shape index (κ1) is 28.9. The highest BCUT2D eigenvalue weighted by molar-refractivity contribution is 7.92. The third kappa shape index (κ3) is 8.45. The number of carbonyl (C=O) groups is 2. The largest absolute Gasteiger partial charge is 0.354 e. The van der Waals surface area contributed by atoms with Gasteiger partial charge >= 0.3 is 0 Å². The fraction of sp³-hybridized carbons (Fsp3) is 0.333. The van der Waals surface area contributed by atoms with E-state index in [-0.39, 0.29) is 12.5 Å². The molecule has 38 heavy (non-hydrogen) atoms. The van der Waals surface area contributed by atoms with Crippen LogP contribution in [0.3, 0.4) is 0 Å². The van der Waals surface area contributed by atoms with Gasteiger partial charge in [0.1, 0.15) is 12.6 Å². The van der Waals surface area contributed by atoms with E-state index in [9.17, 15) is 18.0 Å². The topological polar surface area (TPSA) is 86.8 Å². The summed E-state index contributed by atoms with van der Waals surface area (Å²) in [5.74, 6) is -0.708. The average molecular weight is 536 g/mol. The summed E-state index contributed by atoms with van der Waals surface area (Å²) in [4.78, 5) is 29.0. The fourth-order valence-corrected chi connectivity index (χ4v) is 5.08. The highest BCUT2D eigenvalue weighted by Crippen LogP contribution is 2.21. The molecule has 0 aliphatic heterocycles. The van der Waals surface area contributed by atoms with Gasteiger partial charge in [-0.15, -0.1) is 0 Å². The number of amides is 2. The average Bonchev–Trinajstić information content (AvgIpc) is 2.89. The van der Waals surface area contributed by atoms with Crippen LogP contribution >= 0.6 is 0 Å². The maximum Gasteiger partial charge on any atom is 0.244 e. The molecule has 1 atom stereocenters. The van der Waals surface area contributed by atoms with Gasteiger partial charge in [-0.1, -0.05) is 86.1 Å². The summed E-state index contributed by atoms with van der Waals surface area (Å²) in [6.45, 7) is 4.17. The zero-order valence-electron chi connectivity index (χ0n) is 22.3. The predicted octanol–water partition coefficient (Wildman–Crippen LogP) is 4.32. The van der Waals surface area contributed by atoms with E-state index >= 15 is 0 Å². The summed E-state index contributed by atoms with van der Waals surface area (Å²) in [5, 5.41) is 2.98. The van der Waals surface area contributed by atoms with Gasteiger partial charge in [-0.25, -0.2) is 8.42 Å². The molecule has 0 heterocycles. The van der Waals surface area contributed by atoms with Crippen molar-refractivity contribution in [1.29, 1.82) is 0 Å². The first-order valence-corrected chi connectivity index (χ1v) is 14.7. The second kappa shape index (κ2) is 13.8. The zero-order valence-corrected chi connectivity index (χ0v) is 23.2. The minimum absolute atomic E-state index is 0.170. The molecule has 0 fully saturated rings. The lowest BCUT2D eigenvalue weighted by Gasteiger charge is -2.33. The number of benzene rings is 3. The molecule has 3 rings (SSSR count). The zero-order chi connectivity index (χ0) is 27.5. The second-order valence-corrected chi connectivity index (χ2v) is 11.4. The van der Waals surface area contributed by atoms with Crippen molar-refractivity contribution in [1.82, 2.24) is 10.2 Å². The number of hydrogen-bond acceptors (Lipinski definition) is 4. The molecule has 3 aromatic rings. The van der Waals surface area contributed by atoms with Crippen LogP contribution in [-0.4, -0.2) is 50.5 Å². The highest BCUT2D eigenvalue weighted by atomic mass is 32.2. The molecule has 8 heteroatoms. The molecule has 0 aliphatic carbocycles. The van der Waals surface area contributed by atoms with Gasteiger partial charge < -0.3 is 10.2 Å². The molecule has 1 N–H and O–H groups in total. The van der Waals surface area contributed by atoms with Gasteiger partial charge in [0.05, 0.1) is 11.9 Å². The Balaban J connectivity index is 2.01. The third-order valence-electron chi connectivity index (χ3n) is 6.27. The molecule has 0 bridgehead atoms. The summed E-state index contributed by atoms with van der Waals surface area (Å²) in [5.41, 5.74) is 3.05. The van der Waals surface area contributed by atoms with Crippen LogP contribution in [0.1, 0.15) is 36.5 Å². The molecular weight excluding hydrogens is 498 g/mol. The van der Waals surface area contributed by atoms with Crippen LogP contribution in [0.5, 0.6) is 0 Å². The van der Waals surface area contributed by atoms with Crippen molar-refractivity contribution in [2.45, 2.75) is 45.7 Å². The molecule has 0 aromatic heterocycles. The molecule has 2 amide bonds. The maximum atomic E-state index is 14.0. The molecule has 0 spiro atoms. The lowest BCUT2D eigenvalue weighted by molar-refractivity contribution is -0.140. The fourth-order valence-electron chi connectivity index (χ4n) is 4.24. The Hall–Kier alpha value is -3.65. The summed E-state index contributed by atoms with van der Waals surface area (Å²) >= 11 is 0. The second-order valence-electron chi connectivity index (χ2n) is 9.47. The van der Waals surface area contributed by atoms with Crippen molar-refractivity contribution in [3.8, 4) is 0 Å². The van der Waals surface area contributed by atoms with E-state index < -0.39 is 28.5 Å². The van der Waals surface area contributed by atoms with Crippen LogP contribution in [0.25, 0.3) is 0 Å². The highest BCUT2D eigenvalue weighted by Gasteiger charge is 2.32. The molecule has 3 aromatic carbocycles. The molecule has 0 saturated carbocycles. The van der Waals surface area contributed by atoms with Gasteiger partial charge in [0.25, 0.3) is 0 Å². The van der Waals surface area contributed by atoms with Gasteiger partial charge in [0.15, 0.2) is 0 Å². The summed E-state index contributed by atoms with van der Waals surface area (Å²) in [7, 11) is -3.77. The number of nitrogens with zero attached hydrogens (tertiary/aromatic N) is 2. The first-order valence-electron chi connectivity index (χ1n) is 12.9. The number of aryl methyl sites for hydroxylation is 1. The van der Waals surface area contributed by atoms with E-state index in [1.165, 1.54) is 4.90 Å². The first-order chi connectivity index (χ1) is 18.2. The van der Waals surface area contributed by atoms with Crippen LogP contribution in [-0.2, 0) is 32.6 Å². The number of sulfonamides is 1. The third-order valence-corrected chi connectivity index (χ3v) is 7.41. The number of nitrogens with one attached hydrogen (secondary N) is 1. The predicted molar refractivity (Wildman–Crippen MR) is 152 cm³/mol. The number of unbranched alkanes of at least 4 members (excludes halogenated alkanes) is 1. The Morgan fingerprint density at radius 3 is 2.11 bits per heavy atom. The van der Waals surface area contributed by atoms with E-state index in [0.29, 0.717) is 18.7 Å². The lowest BCUT2D eigenvalue weighted by atomic mass is 10.0. The Bertz CT molecular complexity index is 1300. The quantitative estimate of drug-likeness (QED) is 0.330. The normalized spacial score (nSPS) is 12.0. The molecule has 0 aliphatic rings. The summed E-state index contributed by atoms with van der Waals surface area (Å²) in [6, 6.07) is 25.2. The summed E-state index contributed by atoms with van der Waals surface area (Å²) < 4.78 is 26.7. The van der Waals surface area contributed by atoms with Crippen LogP contribution in [0.4, 0.5) is 5.69 Å². The molecule has 0 radical (unpaired) electrons. The van der Waals surface area contributed by atoms with Crippen LogP contribution in [0, 0.1) is 6.92 Å². The smallest absolute Gasteiger partial charge is 0.244 e. The number of hydrogen-bond donors (Lipinski definition) is 1. The lowest BCUT2D eigenvalue weighted by Crippen LogP contribution is -2.53. The SMILES string of the molecule is CCCCNC(=O)C(Cc1ccccc1)N(Cc1ccccc1)C(=O)CN(c1cccc(C)c1)S(C)(=O)=O. The van der Waals surface area contributed by atoms with E-state index in [0.717, 1.165) is 40.1 Å². The van der Waals surface area contributed by atoms with Crippen molar-refractivity contribution in [2.24, 2.45) is 0 Å². The van der Waals surface area contributed by atoms with E-state index in [2.05, 4.69) is 5.32 Å². The Morgan fingerprint density at radius 1 is 0.895 bits per heavy atom. The van der Waals surface area contributed by atoms with Gasteiger partial charge in [-0.3, -0.25) is 13.9 Å². The molecule has 0 saturated heterocycles. The van der Waals surface area contributed by atoms with Gasteiger partial charge in [-0.05, 0) is 42.2 Å². The van der Waals surface area contributed by atoms with Crippen molar-refractivity contribution < 1.29 is 18.0 Å². The summed E-state index contributed by atoms with van der Waals surface area (Å²) in [6.07, 6.45) is 3.14. The van der Waals surface area contributed by atoms with Gasteiger partial charge in [0.2, 0.25) is 21.8 Å². The van der Waals surface area contributed by atoms with Crippen molar-refractivity contribution in [3.05, 3.63) is 102 Å². The van der Waals surface area contributed by atoms with Gasteiger partial charge in [-0.2, -0.15) is 0 Å². The Labute approximate surface area is 226 Å². The Morgan fingerprint density at radius 2 is 1.53 bits per heavy atom. The monoisotopic (exact) mass is 535 g/mol. The number of carbonyl (C=O) groups excluding carboxylic acids is 2. The van der Waals surface area contributed by atoms with E-state index in [1.54, 1.807) is 18.2 Å². The van der Waals surface area contributed by atoms with Crippen LogP contribution in [0.15, 0.2) is 84.9 Å². The van der Waals surface area contributed by atoms with Crippen LogP contribution in [0.2, 0.25) is 0 Å². The standard InChI is InChI=1S/C30H37N3O4S/c1-4-5-19-31-30(35)28(21-25-14-8-6-9-15-25)32(22-26-16-10-7-11-17-26)29(34)23-33(38(3,36)37)27-18-12-13-24(2)20-27/h6-18,20,28H,4-5,19,21-23H2,1-3H3,(H,31,35). The van der Waals surface area contributed by atoms with E-state index in [1.807, 2.05) is 80.6 Å². The molecule has 1 unspecified atom stereocenters. The van der Waals surface area contributed by atoms with E-state index in [4.69, 9.17) is 0 Å². The van der Waals surface area contributed by atoms with Gasteiger partial charge in [0, 0.05) is 19.5 Å². The Kier molecular flexibility index (Phi) is 10.5. The maximum absolute atomic E-state index is 14.0. The van der Waals surface area contributed by atoms with Crippen molar-refractivity contribution in [2.75, 3.05) is 23.7 Å². The number of anilines is 1. The van der Waals surface area contributed by atoms with Crippen LogP contribution < -0.4 is 9.62 Å². The molecule has 7 nitrogen and oxygen atoms in total. The van der Waals surface area contributed by atoms with Crippen molar-refractivity contribution in [3.63, 3.8) is 0 Å². The number of rotatable bonds is 13. The molecule has 202 valence electrons.